The highest BCUT2D eigenvalue weighted by atomic mass is 79.9. The van der Waals surface area contributed by atoms with E-state index in [1.165, 1.54) is 37.1 Å². The van der Waals surface area contributed by atoms with Gasteiger partial charge in [-0.2, -0.15) is 0 Å². The predicted octanol–water partition coefficient (Wildman–Crippen LogP) is 7.35. The largest absolute Gasteiger partial charge is 0.0579 e. The highest BCUT2D eigenvalue weighted by Crippen LogP contribution is 2.37. The lowest BCUT2D eigenvalue weighted by atomic mass is 9.83. The second kappa shape index (κ2) is 5.34. The monoisotopic (exact) mass is 368 g/mol. The molecule has 0 aliphatic rings. The first-order valence-corrected chi connectivity index (χ1v) is 9.04. The molecule has 0 saturated heterocycles. The molecule has 120 valence electrons. The Morgan fingerprint density at radius 2 is 1.13 bits per heavy atom. The maximum atomic E-state index is 3.75. The Balaban J connectivity index is 2.42. The van der Waals surface area contributed by atoms with Gasteiger partial charge in [-0.3, -0.25) is 0 Å². The van der Waals surface area contributed by atoms with Gasteiger partial charge in [-0.25, -0.2) is 0 Å². The molecule has 0 atom stereocenters. The third-order valence-corrected chi connectivity index (χ3v) is 5.29. The molecule has 3 aromatic rings. The first-order chi connectivity index (χ1) is 10.6. The first-order valence-electron chi connectivity index (χ1n) is 8.24. The SMILES string of the molecule is CC(C)(C)c1ccc2cc(Br)c3ccc(C(C)(C)C)cc3c2c1. The number of hydrogen-bond donors (Lipinski definition) is 0. The van der Waals surface area contributed by atoms with E-state index in [0.717, 1.165) is 0 Å². The maximum Gasteiger partial charge on any atom is 0.0260 e. The highest BCUT2D eigenvalue weighted by molar-refractivity contribution is 9.10. The van der Waals surface area contributed by atoms with E-state index < -0.39 is 0 Å². The Kier molecular flexibility index (Phi) is 3.84. The summed E-state index contributed by atoms with van der Waals surface area (Å²) in [6.45, 7) is 13.6. The summed E-state index contributed by atoms with van der Waals surface area (Å²) in [4.78, 5) is 0. The predicted molar refractivity (Wildman–Crippen MR) is 107 cm³/mol. The van der Waals surface area contributed by atoms with Crippen molar-refractivity contribution in [1.82, 2.24) is 0 Å². The molecule has 0 N–H and O–H groups in total. The van der Waals surface area contributed by atoms with Crippen molar-refractivity contribution in [1.29, 1.82) is 0 Å². The summed E-state index contributed by atoms with van der Waals surface area (Å²) in [5, 5.41) is 5.27. The second-order valence-corrected chi connectivity index (χ2v) is 9.41. The van der Waals surface area contributed by atoms with Gasteiger partial charge in [-0.15, -0.1) is 0 Å². The maximum absolute atomic E-state index is 3.75. The van der Waals surface area contributed by atoms with E-state index in [2.05, 4.69) is 99.9 Å². The van der Waals surface area contributed by atoms with E-state index in [4.69, 9.17) is 0 Å². The third-order valence-electron chi connectivity index (χ3n) is 4.63. The summed E-state index contributed by atoms with van der Waals surface area (Å²) >= 11 is 3.75. The second-order valence-electron chi connectivity index (χ2n) is 8.55. The van der Waals surface area contributed by atoms with Crippen molar-refractivity contribution in [3.63, 3.8) is 0 Å². The Hall–Kier alpha value is -1.34. The fraction of sp³-hybridized carbons (Fsp3) is 0.364. The van der Waals surface area contributed by atoms with Gasteiger partial charge in [0.05, 0.1) is 0 Å². The van der Waals surface area contributed by atoms with Gasteiger partial charge in [0.15, 0.2) is 0 Å². The summed E-state index contributed by atoms with van der Waals surface area (Å²) in [7, 11) is 0. The fourth-order valence-electron chi connectivity index (χ4n) is 3.04. The van der Waals surface area contributed by atoms with Crippen LogP contribution in [0.1, 0.15) is 52.7 Å². The number of hydrogen-bond acceptors (Lipinski definition) is 0. The molecular weight excluding hydrogens is 344 g/mol. The van der Waals surface area contributed by atoms with E-state index in [1.807, 2.05) is 0 Å². The van der Waals surface area contributed by atoms with Crippen LogP contribution >= 0.6 is 15.9 Å². The van der Waals surface area contributed by atoms with Gasteiger partial charge < -0.3 is 0 Å². The molecule has 3 rings (SSSR count). The van der Waals surface area contributed by atoms with Gasteiger partial charge in [-0.05, 0) is 61.7 Å². The Labute approximate surface area is 148 Å². The Morgan fingerprint density at radius 3 is 1.70 bits per heavy atom. The number of halogens is 1. The topological polar surface area (TPSA) is 0 Å². The van der Waals surface area contributed by atoms with E-state index in [9.17, 15) is 0 Å². The molecule has 23 heavy (non-hydrogen) atoms. The van der Waals surface area contributed by atoms with Crippen LogP contribution in [0.4, 0.5) is 0 Å². The van der Waals surface area contributed by atoms with Crippen LogP contribution in [0.3, 0.4) is 0 Å². The normalized spacial score (nSPS) is 13.0. The van der Waals surface area contributed by atoms with Crippen LogP contribution in [0.2, 0.25) is 0 Å². The molecule has 0 radical (unpaired) electrons. The van der Waals surface area contributed by atoms with Crippen molar-refractivity contribution in [2.45, 2.75) is 52.4 Å². The average Bonchev–Trinajstić information content (AvgIpc) is 2.44. The summed E-state index contributed by atoms with van der Waals surface area (Å²) in [5.74, 6) is 0. The fourth-order valence-corrected chi connectivity index (χ4v) is 3.63. The highest BCUT2D eigenvalue weighted by Gasteiger charge is 2.17. The number of rotatable bonds is 0. The molecule has 0 aliphatic heterocycles. The quantitative estimate of drug-likeness (QED) is 0.363. The van der Waals surface area contributed by atoms with Crippen molar-refractivity contribution in [2.75, 3.05) is 0 Å². The molecule has 0 saturated carbocycles. The Bertz CT molecular complexity index is 890. The lowest BCUT2D eigenvalue weighted by Gasteiger charge is -2.22. The van der Waals surface area contributed by atoms with E-state index >= 15 is 0 Å². The molecular formula is C22H25Br. The number of benzene rings is 3. The molecule has 0 aliphatic carbocycles. The zero-order valence-electron chi connectivity index (χ0n) is 14.9. The molecule has 0 unspecified atom stereocenters. The van der Waals surface area contributed by atoms with Crippen LogP contribution in [-0.2, 0) is 10.8 Å². The van der Waals surface area contributed by atoms with Gasteiger partial charge in [0.1, 0.15) is 0 Å². The Morgan fingerprint density at radius 1 is 0.609 bits per heavy atom. The van der Waals surface area contributed by atoms with Crippen LogP contribution in [0.25, 0.3) is 21.5 Å². The molecule has 0 heterocycles. The molecule has 0 fully saturated rings. The summed E-state index contributed by atoms with van der Waals surface area (Å²) < 4.78 is 1.17. The van der Waals surface area contributed by atoms with E-state index in [0.29, 0.717) is 0 Å². The molecule has 3 aromatic carbocycles. The van der Waals surface area contributed by atoms with Gasteiger partial charge in [-0.1, -0.05) is 81.7 Å². The van der Waals surface area contributed by atoms with Crippen LogP contribution in [0, 0.1) is 0 Å². The lowest BCUT2D eigenvalue weighted by Crippen LogP contribution is -2.11. The van der Waals surface area contributed by atoms with Crippen LogP contribution in [-0.4, -0.2) is 0 Å². The van der Waals surface area contributed by atoms with Crippen molar-refractivity contribution >= 4 is 37.5 Å². The van der Waals surface area contributed by atoms with Crippen LogP contribution in [0.15, 0.2) is 46.9 Å². The van der Waals surface area contributed by atoms with Crippen molar-refractivity contribution in [3.05, 3.63) is 58.1 Å². The number of fused-ring (bicyclic) bond motifs is 3. The minimum atomic E-state index is 0.157. The van der Waals surface area contributed by atoms with Crippen LogP contribution < -0.4 is 0 Å². The molecule has 0 nitrogen and oxygen atoms in total. The van der Waals surface area contributed by atoms with Gasteiger partial charge in [0.2, 0.25) is 0 Å². The standard InChI is InChI=1S/C22H25Br/c1-21(2,3)15-8-7-14-11-20(23)17-10-9-16(22(4,5)6)13-19(17)18(14)12-15/h7-13H,1-6H3. The van der Waals surface area contributed by atoms with E-state index in [-0.39, 0.29) is 10.8 Å². The van der Waals surface area contributed by atoms with Gasteiger partial charge in [0.25, 0.3) is 0 Å². The summed E-state index contributed by atoms with van der Waals surface area (Å²) in [6, 6.07) is 16.0. The minimum absolute atomic E-state index is 0.157. The van der Waals surface area contributed by atoms with Crippen molar-refractivity contribution in [3.8, 4) is 0 Å². The molecule has 1 heteroatoms. The molecule has 0 amide bonds. The minimum Gasteiger partial charge on any atom is -0.0579 e. The molecule has 0 aromatic heterocycles. The third kappa shape index (κ3) is 3.04. The van der Waals surface area contributed by atoms with Crippen molar-refractivity contribution in [2.24, 2.45) is 0 Å². The zero-order valence-corrected chi connectivity index (χ0v) is 16.5. The summed E-state index contributed by atoms with van der Waals surface area (Å²) in [5.41, 5.74) is 3.08. The summed E-state index contributed by atoms with van der Waals surface area (Å²) in [6.07, 6.45) is 0. The van der Waals surface area contributed by atoms with Crippen molar-refractivity contribution < 1.29 is 0 Å². The molecule has 0 bridgehead atoms. The van der Waals surface area contributed by atoms with Crippen LogP contribution in [0.5, 0.6) is 0 Å². The zero-order chi connectivity index (χ0) is 17.0. The average molecular weight is 369 g/mol. The van der Waals surface area contributed by atoms with E-state index in [1.54, 1.807) is 0 Å². The molecule has 0 spiro atoms. The van der Waals surface area contributed by atoms with Gasteiger partial charge in [0, 0.05) is 4.47 Å². The first kappa shape index (κ1) is 16.5. The smallest absolute Gasteiger partial charge is 0.0260 e. The van der Waals surface area contributed by atoms with Gasteiger partial charge >= 0.3 is 0 Å². The lowest BCUT2D eigenvalue weighted by molar-refractivity contribution is 0.590.